The molecule has 0 saturated carbocycles. The van der Waals surface area contributed by atoms with Crippen molar-refractivity contribution in [2.75, 3.05) is 6.54 Å². The predicted molar refractivity (Wildman–Crippen MR) is 47.3 cm³/mol. The molecule has 0 atom stereocenters. The molecule has 2 heteroatoms. The van der Waals surface area contributed by atoms with E-state index in [2.05, 4.69) is 5.32 Å². The Hall–Kier alpha value is -1.05. The van der Waals surface area contributed by atoms with E-state index >= 15 is 0 Å². The van der Waals surface area contributed by atoms with Gasteiger partial charge in [0.1, 0.15) is 0 Å². The summed E-state index contributed by atoms with van der Waals surface area (Å²) in [6, 6.07) is 0. The molecule has 0 rings (SSSR count). The molecule has 11 heavy (non-hydrogen) atoms. The Morgan fingerprint density at radius 3 is 2.45 bits per heavy atom. The molecular weight excluding hydrogens is 138 g/mol. The Bertz CT molecular complexity index is 180. The van der Waals surface area contributed by atoms with E-state index in [4.69, 9.17) is 0 Å². The van der Waals surface area contributed by atoms with E-state index in [9.17, 15) is 4.79 Å². The molecule has 0 unspecified atom stereocenters. The van der Waals surface area contributed by atoms with Gasteiger partial charge in [0.25, 0.3) is 5.91 Å². The molecule has 0 heterocycles. The number of hydrogen-bond acceptors (Lipinski definition) is 1. The van der Waals surface area contributed by atoms with Crippen LogP contribution >= 0.6 is 0 Å². The summed E-state index contributed by atoms with van der Waals surface area (Å²) in [5.41, 5.74) is 0.717. The molecule has 0 aromatic rings. The topological polar surface area (TPSA) is 29.1 Å². The number of carbonyl (C=O) groups is 1. The summed E-state index contributed by atoms with van der Waals surface area (Å²) in [5, 5.41) is 2.72. The number of nitrogens with one attached hydrogen (secondary N) is 1. The lowest BCUT2D eigenvalue weighted by Crippen LogP contribution is -2.23. The van der Waals surface area contributed by atoms with E-state index in [1.165, 1.54) is 0 Å². The van der Waals surface area contributed by atoms with Crippen molar-refractivity contribution in [1.82, 2.24) is 5.32 Å². The SMILES string of the molecule is C/C=C\C(=C/C)C(=O)NCC. The maximum Gasteiger partial charge on any atom is 0.250 e. The maximum atomic E-state index is 11.1. The van der Waals surface area contributed by atoms with E-state index < -0.39 is 0 Å². The fourth-order valence-electron chi connectivity index (χ4n) is 0.745. The van der Waals surface area contributed by atoms with Gasteiger partial charge in [0.15, 0.2) is 0 Å². The van der Waals surface area contributed by atoms with Crippen LogP contribution in [-0.2, 0) is 4.79 Å². The highest BCUT2D eigenvalue weighted by Crippen LogP contribution is 1.95. The van der Waals surface area contributed by atoms with Gasteiger partial charge < -0.3 is 5.32 Å². The third-order valence-electron chi connectivity index (χ3n) is 1.26. The van der Waals surface area contributed by atoms with Crippen molar-refractivity contribution < 1.29 is 4.79 Å². The fourth-order valence-corrected chi connectivity index (χ4v) is 0.745. The molecule has 0 radical (unpaired) electrons. The lowest BCUT2D eigenvalue weighted by atomic mass is 10.2. The number of rotatable bonds is 3. The lowest BCUT2D eigenvalue weighted by molar-refractivity contribution is -0.117. The molecule has 0 aromatic carbocycles. The standard InChI is InChI=1S/C9H15NO/c1-4-7-8(5-2)9(11)10-6-3/h4-5,7H,6H2,1-3H3,(H,10,11)/b7-4-,8-5+. The van der Waals surface area contributed by atoms with Gasteiger partial charge in [-0.1, -0.05) is 18.2 Å². The van der Waals surface area contributed by atoms with Crippen molar-refractivity contribution in [1.29, 1.82) is 0 Å². The lowest BCUT2D eigenvalue weighted by Gasteiger charge is -2.00. The average Bonchev–Trinajstić information content (AvgIpc) is 2.00. The summed E-state index contributed by atoms with van der Waals surface area (Å²) < 4.78 is 0. The predicted octanol–water partition coefficient (Wildman–Crippen LogP) is 1.64. The largest absolute Gasteiger partial charge is 0.352 e. The van der Waals surface area contributed by atoms with Crippen LogP contribution in [0, 0.1) is 0 Å². The number of amides is 1. The summed E-state index contributed by atoms with van der Waals surface area (Å²) in [7, 11) is 0. The van der Waals surface area contributed by atoms with E-state index in [0.717, 1.165) is 0 Å². The molecule has 0 saturated heterocycles. The van der Waals surface area contributed by atoms with E-state index in [-0.39, 0.29) is 5.91 Å². The van der Waals surface area contributed by atoms with Crippen LogP contribution in [0.3, 0.4) is 0 Å². The van der Waals surface area contributed by atoms with Gasteiger partial charge in [-0.15, -0.1) is 0 Å². The monoisotopic (exact) mass is 153 g/mol. The molecule has 0 aromatic heterocycles. The molecule has 0 spiro atoms. The highest BCUT2D eigenvalue weighted by Gasteiger charge is 2.00. The molecule has 1 N–H and O–H groups in total. The van der Waals surface area contributed by atoms with Crippen LogP contribution in [0.1, 0.15) is 20.8 Å². The first-order chi connectivity index (χ1) is 5.26. The van der Waals surface area contributed by atoms with Crippen molar-refractivity contribution in [3.8, 4) is 0 Å². The van der Waals surface area contributed by atoms with E-state index in [0.29, 0.717) is 12.1 Å². The van der Waals surface area contributed by atoms with Crippen LogP contribution in [0.15, 0.2) is 23.8 Å². The Kier molecular flexibility index (Phi) is 5.17. The van der Waals surface area contributed by atoms with Gasteiger partial charge in [0.05, 0.1) is 0 Å². The number of likely N-dealkylation sites (N-methyl/N-ethyl adjacent to an activating group) is 1. The zero-order chi connectivity index (χ0) is 8.69. The van der Waals surface area contributed by atoms with Crippen LogP contribution < -0.4 is 5.32 Å². The summed E-state index contributed by atoms with van der Waals surface area (Å²) in [6.45, 7) is 6.32. The molecule has 2 nitrogen and oxygen atoms in total. The van der Waals surface area contributed by atoms with Crippen molar-refractivity contribution >= 4 is 5.91 Å². The van der Waals surface area contributed by atoms with Crippen molar-refractivity contribution in [3.05, 3.63) is 23.8 Å². The maximum absolute atomic E-state index is 11.1. The van der Waals surface area contributed by atoms with Gasteiger partial charge in [-0.3, -0.25) is 4.79 Å². The number of hydrogen-bond donors (Lipinski definition) is 1. The smallest absolute Gasteiger partial charge is 0.250 e. The Morgan fingerprint density at radius 2 is 2.09 bits per heavy atom. The highest BCUT2D eigenvalue weighted by atomic mass is 16.1. The van der Waals surface area contributed by atoms with Crippen LogP contribution in [0.4, 0.5) is 0 Å². The zero-order valence-electron chi connectivity index (χ0n) is 7.35. The minimum Gasteiger partial charge on any atom is -0.352 e. The van der Waals surface area contributed by atoms with Crippen LogP contribution in [-0.4, -0.2) is 12.5 Å². The molecule has 0 fully saturated rings. The first-order valence-corrected chi connectivity index (χ1v) is 3.83. The van der Waals surface area contributed by atoms with E-state index in [1.54, 1.807) is 12.2 Å². The normalized spacial score (nSPS) is 12.1. The number of allylic oxidation sites excluding steroid dienone is 2. The third kappa shape index (κ3) is 3.61. The second-order valence-corrected chi connectivity index (χ2v) is 2.10. The number of carbonyl (C=O) groups excluding carboxylic acids is 1. The van der Waals surface area contributed by atoms with Crippen molar-refractivity contribution in [3.63, 3.8) is 0 Å². The molecule has 0 aliphatic heterocycles. The van der Waals surface area contributed by atoms with Crippen LogP contribution in [0.5, 0.6) is 0 Å². The Labute approximate surface area is 68.0 Å². The molecule has 1 amide bonds. The van der Waals surface area contributed by atoms with Gasteiger partial charge in [-0.05, 0) is 20.8 Å². The van der Waals surface area contributed by atoms with Crippen molar-refractivity contribution in [2.45, 2.75) is 20.8 Å². The molecule has 0 bridgehead atoms. The molecule has 0 aliphatic rings. The quantitative estimate of drug-likeness (QED) is 0.484. The van der Waals surface area contributed by atoms with Gasteiger partial charge in [-0.2, -0.15) is 0 Å². The summed E-state index contributed by atoms with van der Waals surface area (Å²) in [4.78, 5) is 11.1. The zero-order valence-corrected chi connectivity index (χ0v) is 7.35. The van der Waals surface area contributed by atoms with Gasteiger partial charge >= 0.3 is 0 Å². The minimum atomic E-state index is -0.00639. The second kappa shape index (κ2) is 5.71. The summed E-state index contributed by atoms with van der Waals surface area (Å²) in [6.07, 6.45) is 5.44. The van der Waals surface area contributed by atoms with Crippen LogP contribution in [0.25, 0.3) is 0 Å². The highest BCUT2D eigenvalue weighted by molar-refractivity contribution is 5.95. The average molecular weight is 153 g/mol. The first kappa shape index (κ1) is 9.95. The molecular formula is C9H15NO. The fraction of sp³-hybridized carbons (Fsp3) is 0.444. The van der Waals surface area contributed by atoms with Gasteiger partial charge in [0.2, 0.25) is 0 Å². The molecule has 0 aliphatic carbocycles. The summed E-state index contributed by atoms with van der Waals surface area (Å²) in [5.74, 6) is -0.00639. The second-order valence-electron chi connectivity index (χ2n) is 2.10. The van der Waals surface area contributed by atoms with Crippen molar-refractivity contribution in [2.24, 2.45) is 0 Å². The van der Waals surface area contributed by atoms with Crippen LogP contribution in [0.2, 0.25) is 0 Å². The third-order valence-corrected chi connectivity index (χ3v) is 1.26. The van der Waals surface area contributed by atoms with Gasteiger partial charge in [-0.25, -0.2) is 0 Å². The Morgan fingerprint density at radius 1 is 1.45 bits per heavy atom. The van der Waals surface area contributed by atoms with E-state index in [1.807, 2.05) is 26.8 Å². The minimum absolute atomic E-state index is 0.00639. The van der Waals surface area contributed by atoms with Gasteiger partial charge in [0, 0.05) is 12.1 Å². The molecule has 62 valence electrons. The summed E-state index contributed by atoms with van der Waals surface area (Å²) >= 11 is 0. The Balaban J connectivity index is 4.16. The first-order valence-electron chi connectivity index (χ1n) is 3.83.